The molecular weight excluding hydrogens is 426 g/mol. The molecule has 0 fully saturated rings. The highest BCUT2D eigenvalue weighted by atomic mass is 32.2. The lowest BCUT2D eigenvalue weighted by Crippen LogP contribution is -2.22. The van der Waals surface area contributed by atoms with E-state index in [4.69, 9.17) is 0 Å². The highest BCUT2D eigenvalue weighted by Crippen LogP contribution is 2.30. The van der Waals surface area contributed by atoms with Gasteiger partial charge in [-0.15, -0.1) is 0 Å². The van der Waals surface area contributed by atoms with Gasteiger partial charge in [-0.1, -0.05) is 44.2 Å². The topological polar surface area (TPSA) is 120 Å². The Morgan fingerprint density at radius 1 is 1.09 bits per heavy atom. The van der Waals surface area contributed by atoms with E-state index in [-0.39, 0.29) is 11.5 Å². The molecule has 2 aromatic carbocycles. The molecule has 0 aliphatic rings. The van der Waals surface area contributed by atoms with Crippen molar-refractivity contribution in [3.8, 4) is 28.5 Å². The van der Waals surface area contributed by atoms with Crippen molar-refractivity contribution >= 4 is 21.4 Å². The predicted molar refractivity (Wildman–Crippen MR) is 124 cm³/mol. The summed E-state index contributed by atoms with van der Waals surface area (Å²) in [5.74, 6) is -0.0714. The fraction of sp³-hybridized carbons (Fsp3) is 0.174. The summed E-state index contributed by atoms with van der Waals surface area (Å²) in [6.07, 6.45) is 2.48. The zero-order valence-electron chi connectivity index (χ0n) is 17.7. The Morgan fingerprint density at radius 2 is 1.78 bits per heavy atom. The first-order chi connectivity index (χ1) is 15.2. The van der Waals surface area contributed by atoms with E-state index in [1.807, 2.05) is 50.2 Å². The van der Waals surface area contributed by atoms with Gasteiger partial charge in [0.2, 0.25) is 10.0 Å². The molecule has 162 valence electrons. The monoisotopic (exact) mass is 447 g/mol. The number of hydrogen-bond acceptors (Lipinski definition) is 5. The predicted octanol–water partition coefficient (Wildman–Crippen LogP) is 3.72. The SMILES string of the molecule is CC(C)c1c(-c2cccc(-c3ccc(NS(C)(=O)=O)cc3)c2)[nH]c2c(C#N)cnn2c1=O. The summed E-state index contributed by atoms with van der Waals surface area (Å²) >= 11 is 0. The van der Waals surface area contributed by atoms with E-state index in [1.54, 1.807) is 12.1 Å². The van der Waals surface area contributed by atoms with Crippen LogP contribution in [0.25, 0.3) is 28.0 Å². The van der Waals surface area contributed by atoms with Gasteiger partial charge in [0.1, 0.15) is 11.6 Å². The van der Waals surface area contributed by atoms with Gasteiger partial charge < -0.3 is 4.98 Å². The Kier molecular flexibility index (Phi) is 5.32. The number of nitrogens with one attached hydrogen (secondary N) is 2. The van der Waals surface area contributed by atoms with Crippen molar-refractivity contribution in [1.29, 1.82) is 5.26 Å². The van der Waals surface area contributed by atoms with Crippen LogP contribution in [-0.4, -0.2) is 29.3 Å². The van der Waals surface area contributed by atoms with Crippen molar-refractivity contribution in [2.24, 2.45) is 0 Å². The van der Waals surface area contributed by atoms with Crippen LogP contribution < -0.4 is 10.3 Å². The average Bonchev–Trinajstić information content (AvgIpc) is 3.16. The molecule has 0 aliphatic carbocycles. The van der Waals surface area contributed by atoms with Crippen LogP contribution in [0.5, 0.6) is 0 Å². The van der Waals surface area contributed by atoms with Crippen LogP contribution in [0.3, 0.4) is 0 Å². The lowest BCUT2D eigenvalue weighted by molar-refractivity contribution is 0.607. The summed E-state index contributed by atoms with van der Waals surface area (Å²) in [7, 11) is -3.35. The number of hydrogen-bond donors (Lipinski definition) is 2. The van der Waals surface area contributed by atoms with Crippen LogP contribution in [-0.2, 0) is 10.0 Å². The highest BCUT2D eigenvalue weighted by molar-refractivity contribution is 7.92. The second-order valence-electron chi connectivity index (χ2n) is 7.84. The molecule has 0 saturated heterocycles. The largest absolute Gasteiger partial charge is 0.338 e. The molecule has 2 aromatic heterocycles. The van der Waals surface area contributed by atoms with E-state index >= 15 is 0 Å². The maximum atomic E-state index is 13.1. The first kappa shape index (κ1) is 21.3. The number of H-pyrrole nitrogens is 1. The second-order valence-corrected chi connectivity index (χ2v) is 9.58. The Balaban J connectivity index is 1.84. The number of anilines is 1. The Hall–Kier alpha value is -3.90. The van der Waals surface area contributed by atoms with E-state index in [0.29, 0.717) is 28.2 Å². The molecule has 2 N–H and O–H groups in total. The molecule has 8 nitrogen and oxygen atoms in total. The van der Waals surface area contributed by atoms with E-state index in [9.17, 15) is 18.5 Å². The molecule has 0 atom stereocenters. The third-order valence-corrected chi connectivity index (χ3v) is 5.68. The maximum Gasteiger partial charge on any atom is 0.278 e. The molecule has 9 heteroatoms. The van der Waals surface area contributed by atoms with Gasteiger partial charge in [0.15, 0.2) is 5.65 Å². The molecule has 0 radical (unpaired) electrons. The molecule has 0 amide bonds. The van der Waals surface area contributed by atoms with Crippen LogP contribution in [0.4, 0.5) is 5.69 Å². The van der Waals surface area contributed by atoms with Crippen molar-refractivity contribution in [1.82, 2.24) is 14.6 Å². The lowest BCUT2D eigenvalue weighted by atomic mass is 9.95. The quantitative estimate of drug-likeness (QED) is 0.483. The Morgan fingerprint density at radius 3 is 2.41 bits per heavy atom. The van der Waals surface area contributed by atoms with Gasteiger partial charge >= 0.3 is 0 Å². The second kappa shape index (κ2) is 7.98. The Labute approximate surface area is 185 Å². The molecule has 4 aromatic rings. The average molecular weight is 448 g/mol. The maximum absolute atomic E-state index is 13.1. The van der Waals surface area contributed by atoms with Crippen molar-refractivity contribution < 1.29 is 8.42 Å². The molecule has 0 saturated carbocycles. The number of nitriles is 1. The number of benzene rings is 2. The summed E-state index contributed by atoms with van der Waals surface area (Å²) < 4.78 is 26.5. The van der Waals surface area contributed by atoms with Crippen molar-refractivity contribution in [3.05, 3.63) is 76.2 Å². The van der Waals surface area contributed by atoms with Crippen molar-refractivity contribution in [3.63, 3.8) is 0 Å². The van der Waals surface area contributed by atoms with Crippen LogP contribution >= 0.6 is 0 Å². The zero-order chi connectivity index (χ0) is 23.0. The first-order valence-electron chi connectivity index (χ1n) is 9.90. The number of fused-ring (bicyclic) bond motifs is 1. The normalized spacial score (nSPS) is 11.6. The third kappa shape index (κ3) is 4.00. The van der Waals surface area contributed by atoms with Crippen molar-refractivity contribution in [2.45, 2.75) is 19.8 Å². The van der Waals surface area contributed by atoms with E-state index in [1.165, 1.54) is 10.7 Å². The van der Waals surface area contributed by atoms with Gasteiger partial charge in [-0.2, -0.15) is 14.9 Å². The van der Waals surface area contributed by atoms with Crippen molar-refractivity contribution in [2.75, 3.05) is 11.0 Å². The Bertz CT molecular complexity index is 1520. The van der Waals surface area contributed by atoms with Crippen LogP contribution in [0, 0.1) is 11.3 Å². The number of rotatable bonds is 5. The molecular formula is C23H21N5O3S. The van der Waals surface area contributed by atoms with Gasteiger partial charge in [0, 0.05) is 11.3 Å². The van der Waals surface area contributed by atoms with Gasteiger partial charge in [0.25, 0.3) is 5.56 Å². The number of aromatic nitrogens is 3. The number of sulfonamides is 1. The standard InChI is InChI=1S/C23H21N5O3S/c1-14(2)20-21(26-22-18(12-24)13-25-28(22)23(20)29)17-6-4-5-16(11-17)15-7-9-19(10-8-15)27-32(3,30)31/h4-11,13-14,26-27H,1-3H3. The molecule has 2 heterocycles. The lowest BCUT2D eigenvalue weighted by Gasteiger charge is -2.14. The van der Waals surface area contributed by atoms with Gasteiger partial charge in [-0.3, -0.25) is 9.52 Å². The fourth-order valence-electron chi connectivity index (χ4n) is 3.67. The van der Waals surface area contributed by atoms with Gasteiger partial charge in [0.05, 0.1) is 18.1 Å². The van der Waals surface area contributed by atoms with E-state index in [0.717, 1.165) is 22.9 Å². The van der Waals surface area contributed by atoms with Crippen LogP contribution in [0.1, 0.15) is 30.9 Å². The third-order valence-electron chi connectivity index (χ3n) is 5.08. The molecule has 4 rings (SSSR count). The minimum Gasteiger partial charge on any atom is -0.338 e. The molecule has 0 spiro atoms. The summed E-state index contributed by atoms with van der Waals surface area (Å²) in [5, 5.41) is 13.4. The van der Waals surface area contributed by atoms with Gasteiger partial charge in [-0.25, -0.2) is 8.42 Å². The molecule has 0 aliphatic heterocycles. The minimum atomic E-state index is -3.35. The number of nitrogens with zero attached hydrogens (tertiary/aromatic N) is 3. The summed E-state index contributed by atoms with van der Waals surface area (Å²) in [4.78, 5) is 16.4. The van der Waals surface area contributed by atoms with E-state index in [2.05, 4.69) is 20.9 Å². The summed E-state index contributed by atoms with van der Waals surface area (Å²) in [6.45, 7) is 3.87. The smallest absolute Gasteiger partial charge is 0.278 e. The summed E-state index contributed by atoms with van der Waals surface area (Å²) in [5.41, 5.74) is 4.69. The molecule has 32 heavy (non-hydrogen) atoms. The zero-order valence-corrected chi connectivity index (χ0v) is 18.6. The first-order valence-corrected chi connectivity index (χ1v) is 11.8. The van der Waals surface area contributed by atoms with Crippen LogP contribution in [0.2, 0.25) is 0 Å². The fourth-order valence-corrected chi connectivity index (χ4v) is 4.24. The highest BCUT2D eigenvalue weighted by Gasteiger charge is 2.19. The summed E-state index contributed by atoms with van der Waals surface area (Å²) in [6, 6.07) is 16.8. The van der Waals surface area contributed by atoms with Gasteiger partial charge in [-0.05, 0) is 40.8 Å². The minimum absolute atomic E-state index is 0.0714. The van der Waals surface area contributed by atoms with E-state index < -0.39 is 10.0 Å². The molecule has 0 bridgehead atoms. The number of aromatic amines is 1. The van der Waals surface area contributed by atoms with Crippen LogP contribution in [0.15, 0.2) is 59.5 Å². The molecule has 0 unspecified atom stereocenters.